The van der Waals surface area contributed by atoms with Gasteiger partial charge in [-0.2, -0.15) is 9.40 Å². The highest BCUT2D eigenvalue weighted by molar-refractivity contribution is 7.89. The number of hydrogen-bond donors (Lipinski definition) is 2. The highest BCUT2D eigenvalue weighted by atomic mass is 32.2. The van der Waals surface area contributed by atoms with E-state index in [-0.39, 0.29) is 16.7 Å². The SMILES string of the molecule is Cc1ccc(CNC(=O)CC[C@H]2CCCN(S(=O)(=O)c3cn[nH]c3)C2)o1. The van der Waals surface area contributed by atoms with Crippen molar-refractivity contribution in [1.29, 1.82) is 0 Å². The van der Waals surface area contributed by atoms with Gasteiger partial charge in [0, 0.05) is 25.7 Å². The zero-order valence-corrected chi connectivity index (χ0v) is 15.6. The first-order valence-corrected chi connectivity index (χ1v) is 10.2. The first kappa shape index (κ1) is 18.7. The number of piperidine rings is 1. The Morgan fingerprint density at radius 1 is 1.46 bits per heavy atom. The average Bonchev–Trinajstić information content (AvgIpc) is 3.30. The second kappa shape index (κ2) is 8.05. The third-order valence-electron chi connectivity index (χ3n) is 4.63. The molecule has 26 heavy (non-hydrogen) atoms. The average molecular weight is 380 g/mol. The number of carbonyl (C=O) groups is 1. The van der Waals surface area contributed by atoms with Crippen LogP contribution in [0.1, 0.15) is 37.2 Å². The lowest BCUT2D eigenvalue weighted by molar-refractivity contribution is -0.121. The molecule has 0 saturated carbocycles. The van der Waals surface area contributed by atoms with E-state index >= 15 is 0 Å². The van der Waals surface area contributed by atoms with E-state index < -0.39 is 10.0 Å². The molecule has 0 unspecified atom stereocenters. The zero-order chi connectivity index (χ0) is 18.6. The molecule has 0 spiro atoms. The lowest BCUT2D eigenvalue weighted by Gasteiger charge is -2.31. The Morgan fingerprint density at radius 2 is 2.31 bits per heavy atom. The molecule has 2 N–H and O–H groups in total. The minimum atomic E-state index is -3.51. The molecule has 1 amide bonds. The van der Waals surface area contributed by atoms with E-state index in [9.17, 15) is 13.2 Å². The Kier molecular flexibility index (Phi) is 5.77. The maximum atomic E-state index is 12.6. The number of rotatable bonds is 7. The number of amides is 1. The van der Waals surface area contributed by atoms with Gasteiger partial charge in [-0.25, -0.2) is 8.42 Å². The highest BCUT2D eigenvalue weighted by Crippen LogP contribution is 2.25. The van der Waals surface area contributed by atoms with Crippen molar-refractivity contribution in [3.05, 3.63) is 36.0 Å². The van der Waals surface area contributed by atoms with Crippen LogP contribution in [0, 0.1) is 12.8 Å². The van der Waals surface area contributed by atoms with Gasteiger partial charge in [-0.15, -0.1) is 0 Å². The van der Waals surface area contributed by atoms with Crippen LogP contribution in [-0.2, 0) is 21.4 Å². The molecule has 3 rings (SSSR count). The molecule has 2 aromatic heterocycles. The van der Waals surface area contributed by atoms with Crippen molar-refractivity contribution in [2.45, 2.75) is 44.0 Å². The molecule has 1 atom stereocenters. The lowest BCUT2D eigenvalue weighted by atomic mass is 9.94. The second-order valence-corrected chi connectivity index (χ2v) is 8.57. The van der Waals surface area contributed by atoms with Gasteiger partial charge in [-0.1, -0.05) is 0 Å². The lowest BCUT2D eigenvalue weighted by Crippen LogP contribution is -2.40. The summed E-state index contributed by atoms with van der Waals surface area (Å²) in [6.07, 6.45) is 5.49. The van der Waals surface area contributed by atoms with Crippen molar-refractivity contribution in [3.8, 4) is 0 Å². The van der Waals surface area contributed by atoms with Crippen LogP contribution >= 0.6 is 0 Å². The van der Waals surface area contributed by atoms with Gasteiger partial charge in [-0.3, -0.25) is 9.89 Å². The Morgan fingerprint density at radius 3 is 3.00 bits per heavy atom. The molecule has 0 aliphatic carbocycles. The number of H-pyrrole nitrogens is 1. The first-order chi connectivity index (χ1) is 12.4. The van der Waals surface area contributed by atoms with Crippen molar-refractivity contribution in [3.63, 3.8) is 0 Å². The predicted octanol–water partition coefficient (Wildman–Crippen LogP) is 1.81. The normalized spacial score (nSPS) is 18.7. The molecular formula is C17H24N4O4S. The van der Waals surface area contributed by atoms with Crippen LogP contribution in [0.25, 0.3) is 0 Å². The van der Waals surface area contributed by atoms with Gasteiger partial charge in [0.25, 0.3) is 0 Å². The largest absolute Gasteiger partial charge is 0.465 e. The Bertz CT molecular complexity index is 829. The summed E-state index contributed by atoms with van der Waals surface area (Å²) in [5.41, 5.74) is 0. The van der Waals surface area contributed by atoms with Crippen LogP contribution in [0.15, 0.2) is 33.8 Å². The minimum Gasteiger partial charge on any atom is -0.465 e. The number of aryl methyl sites for hydroxylation is 1. The number of nitrogens with zero attached hydrogens (tertiary/aromatic N) is 2. The molecule has 1 aliphatic rings. The van der Waals surface area contributed by atoms with Crippen molar-refractivity contribution in [1.82, 2.24) is 19.8 Å². The smallest absolute Gasteiger partial charge is 0.246 e. The van der Waals surface area contributed by atoms with Gasteiger partial charge in [0.05, 0.1) is 12.7 Å². The van der Waals surface area contributed by atoms with Crippen LogP contribution in [0.4, 0.5) is 0 Å². The van der Waals surface area contributed by atoms with Crippen molar-refractivity contribution in [2.75, 3.05) is 13.1 Å². The second-order valence-electron chi connectivity index (χ2n) is 6.63. The minimum absolute atomic E-state index is 0.0473. The summed E-state index contributed by atoms with van der Waals surface area (Å²) in [6.45, 7) is 3.18. The van der Waals surface area contributed by atoms with E-state index in [1.54, 1.807) is 0 Å². The third-order valence-corrected chi connectivity index (χ3v) is 6.46. The van der Waals surface area contributed by atoms with Gasteiger partial charge < -0.3 is 9.73 Å². The maximum absolute atomic E-state index is 12.6. The Labute approximate surface area is 153 Å². The first-order valence-electron chi connectivity index (χ1n) is 8.76. The summed E-state index contributed by atoms with van der Waals surface area (Å²) in [4.78, 5) is 12.2. The van der Waals surface area contributed by atoms with Crippen LogP contribution in [0.5, 0.6) is 0 Å². The van der Waals surface area contributed by atoms with Gasteiger partial charge in [0.1, 0.15) is 16.4 Å². The fourth-order valence-electron chi connectivity index (χ4n) is 3.20. The summed E-state index contributed by atoms with van der Waals surface area (Å²) in [6, 6.07) is 3.70. The zero-order valence-electron chi connectivity index (χ0n) is 14.8. The number of sulfonamides is 1. The molecular weight excluding hydrogens is 356 g/mol. The summed E-state index contributed by atoms with van der Waals surface area (Å²) < 4.78 is 32.1. The van der Waals surface area contributed by atoms with Crippen LogP contribution in [-0.4, -0.2) is 41.9 Å². The van der Waals surface area contributed by atoms with E-state index in [0.29, 0.717) is 32.5 Å². The number of furan rings is 1. The molecule has 1 fully saturated rings. The van der Waals surface area contributed by atoms with E-state index in [0.717, 1.165) is 24.4 Å². The fraction of sp³-hybridized carbons (Fsp3) is 0.529. The molecule has 1 saturated heterocycles. The number of carbonyl (C=O) groups excluding carboxylic acids is 1. The Balaban J connectivity index is 1.47. The van der Waals surface area contributed by atoms with Gasteiger partial charge in [-0.05, 0) is 44.2 Å². The molecule has 0 radical (unpaired) electrons. The maximum Gasteiger partial charge on any atom is 0.246 e. The third kappa shape index (κ3) is 4.53. The molecule has 142 valence electrons. The highest BCUT2D eigenvalue weighted by Gasteiger charge is 2.30. The molecule has 0 bridgehead atoms. The van der Waals surface area contributed by atoms with E-state index in [2.05, 4.69) is 15.5 Å². The summed E-state index contributed by atoms with van der Waals surface area (Å²) in [5, 5.41) is 9.09. The Hall–Kier alpha value is -2.13. The van der Waals surface area contributed by atoms with Crippen LogP contribution in [0.3, 0.4) is 0 Å². The van der Waals surface area contributed by atoms with Crippen molar-refractivity contribution < 1.29 is 17.6 Å². The predicted molar refractivity (Wildman–Crippen MR) is 94.6 cm³/mol. The molecule has 3 heterocycles. The molecule has 2 aromatic rings. The molecule has 8 nitrogen and oxygen atoms in total. The monoisotopic (exact) mass is 380 g/mol. The molecule has 1 aliphatic heterocycles. The van der Waals surface area contributed by atoms with Crippen LogP contribution < -0.4 is 5.32 Å². The fourth-order valence-corrected chi connectivity index (χ4v) is 4.66. The van der Waals surface area contributed by atoms with E-state index in [4.69, 9.17) is 4.42 Å². The molecule has 0 aromatic carbocycles. The summed E-state index contributed by atoms with van der Waals surface area (Å²) >= 11 is 0. The summed E-state index contributed by atoms with van der Waals surface area (Å²) in [5.74, 6) is 1.68. The van der Waals surface area contributed by atoms with Gasteiger partial charge >= 0.3 is 0 Å². The van der Waals surface area contributed by atoms with E-state index in [1.807, 2.05) is 19.1 Å². The quantitative estimate of drug-likeness (QED) is 0.761. The van der Waals surface area contributed by atoms with Crippen molar-refractivity contribution in [2.24, 2.45) is 5.92 Å². The standard InChI is InChI=1S/C17H24N4O4S/c1-13-4-6-15(25-13)9-18-17(22)7-5-14-3-2-8-21(12-14)26(23,24)16-10-19-20-11-16/h4,6,10-11,14H,2-3,5,7-9,12H2,1H3,(H,18,22)(H,19,20)/t14-/m1/s1. The van der Waals surface area contributed by atoms with Gasteiger partial charge in [0.15, 0.2) is 0 Å². The topological polar surface area (TPSA) is 108 Å². The number of hydrogen-bond acceptors (Lipinski definition) is 5. The molecule has 9 heteroatoms. The van der Waals surface area contributed by atoms with Gasteiger partial charge in [0.2, 0.25) is 15.9 Å². The van der Waals surface area contributed by atoms with E-state index in [1.165, 1.54) is 16.7 Å². The number of nitrogens with one attached hydrogen (secondary N) is 2. The summed E-state index contributed by atoms with van der Waals surface area (Å²) in [7, 11) is -3.51. The number of aromatic nitrogens is 2. The van der Waals surface area contributed by atoms with Crippen LogP contribution in [0.2, 0.25) is 0 Å². The number of aromatic amines is 1. The van der Waals surface area contributed by atoms with Crippen molar-refractivity contribution >= 4 is 15.9 Å².